The highest BCUT2D eigenvalue weighted by Gasteiger charge is 2.28. The highest BCUT2D eigenvalue weighted by Crippen LogP contribution is 2.44. The Morgan fingerprint density at radius 1 is 1.03 bits per heavy atom. The lowest BCUT2D eigenvalue weighted by Gasteiger charge is -2.14. The molecule has 0 unspecified atom stereocenters. The average molecular weight is 416 g/mol. The number of rotatable bonds is 4. The van der Waals surface area contributed by atoms with Crippen molar-refractivity contribution in [2.75, 3.05) is 13.2 Å². The Balaban J connectivity index is 1.36. The second-order valence-corrected chi connectivity index (χ2v) is 6.88. The number of nitro benzene ring substituents is 1. The van der Waals surface area contributed by atoms with E-state index in [2.05, 4.69) is 29.3 Å². The Labute approximate surface area is 177 Å². The van der Waals surface area contributed by atoms with Gasteiger partial charge in [0.2, 0.25) is 5.82 Å². The van der Waals surface area contributed by atoms with Crippen LogP contribution in [0, 0.1) is 27.8 Å². The van der Waals surface area contributed by atoms with E-state index in [1.807, 2.05) is 36.4 Å². The number of halogens is 1. The first-order valence-electron chi connectivity index (χ1n) is 9.57. The number of amides is 1. The Morgan fingerprint density at radius 3 is 2.32 bits per heavy atom. The zero-order valence-electron chi connectivity index (χ0n) is 16.3. The molecule has 0 bridgehead atoms. The van der Waals surface area contributed by atoms with E-state index in [1.54, 1.807) is 0 Å². The summed E-state index contributed by atoms with van der Waals surface area (Å²) >= 11 is 0. The number of fused-ring (bicyclic) bond motifs is 3. The van der Waals surface area contributed by atoms with E-state index in [4.69, 9.17) is 4.74 Å². The molecule has 0 aromatic heterocycles. The van der Waals surface area contributed by atoms with Gasteiger partial charge in [0.1, 0.15) is 6.61 Å². The fourth-order valence-corrected chi connectivity index (χ4v) is 3.66. The van der Waals surface area contributed by atoms with Gasteiger partial charge in [-0.05, 0) is 28.3 Å². The van der Waals surface area contributed by atoms with Crippen molar-refractivity contribution >= 4 is 11.8 Å². The molecule has 154 valence electrons. The summed E-state index contributed by atoms with van der Waals surface area (Å²) in [5.74, 6) is 4.01. The van der Waals surface area contributed by atoms with E-state index in [9.17, 15) is 19.3 Å². The van der Waals surface area contributed by atoms with Gasteiger partial charge in [0.25, 0.3) is 0 Å². The molecule has 1 aliphatic carbocycles. The van der Waals surface area contributed by atoms with Crippen LogP contribution in [-0.2, 0) is 4.74 Å². The van der Waals surface area contributed by atoms with Crippen LogP contribution in [-0.4, -0.2) is 24.2 Å². The van der Waals surface area contributed by atoms with Gasteiger partial charge in [-0.15, -0.1) is 0 Å². The second kappa shape index (κ2) is 8.67. The van der Waals surface area contributed by atoms with Crippen LogP contribution < -0.4 is 5.32 Å². The summed E-state index contributed by atoms with van der Waals surface area (Å²) in [4.78, 5) is 22.0. The monoisotopic (exact) mass is 416 g/mol. The van der Waals surface area contributed by atoms with Gasteiger partial charge in [-0.3, -0.25) is 10.1 Å². The molecule has 0 radical (unpaired) electrons. The topological polar surface area (TPSA) is 81.5 Å². The molecule has 1 amide bonds. The quantitative estimate of drug-likeness (QED) is 0.382. The second-order valence-electron chi connectivity index (χ2n) is 6.88. The van der Waals surface area contributed by atoms with Crippen LogP contribution in [0.1, 0.15) is 22.6 Å². The van der Waals surface area contributed by atoms with Crippen molar-refractivity contribution in [3.05, 3.63) is 99.4 Å². The van der Waals surface area contributed by atoms with Crippen molar-refractivity contribution in [2.45, 2.75) is 5.92 Å². The molecule has 1 aliphatic rings. The van der Waals surface area contributed by atoms with Crippen molar-refractivity contribution < 1.29 is 18.8 Å². The minimum absolute atomic E-state index is 0.0526. The van der Waals surface area contributed by atoms with Gasteiger partial charge in [0, 0.05) is 12.0 Å². The SMILES string of the molecule is O=C(NCC#Cc1cccc([N+](=O)[O-])c1F)OCC1c2ccccc2-c2ccccc21. The Hall–Kier alpha value is -4.18. The van der Waals surface area contributed by atoms with E-state index in [0.717, 1.165) is 28.3 Å². The molecule has 3 aromatic rings. The molecule has 31 heavy (non-hydrogen) atoms. The van der Waals surface area contributed by atoms with E-state index in [-0.39, 0.29) is 24.6 Å². The van der Waals surface area contributed by atoms with Gasteiger partial charge >= 0.3 is 11.8 Å². The van der Waals surface area contributed by atoms with E-state index < -0.39 is 22.5 Å². The largest absolute Gasteiger partial charge is 0.449 e. The summed E-state index contributed by atoms with van der Waals surface area (Å²) in [5.41, 5.74) is 3.74. The van der Waals surface area contributed by atoms with Gasteiger partial charge in [0.05, 0.1) is 17.0 Å². The Bertz CT molecular complexity index is 1180. The summed E-state index contributed by atoms with van der Waals surface area (Å²) in [6.07, 6.45) is -0.643. The maximum Gasteiger partial charge on any atom is 0.407 e. The molecular weight excluding hydrogens is 399 g/mol. The highest BCUT2D eigenvalue weighted by atomic mass is 19.1. The number of nitro groups is 1. The molecule has 6 nitrogen and oxygen atoms in total. The molecule has 0 fully saturated rings. The van der Waals surface area contributed by atoms with Gasteiger partial charge in [-0.1, -0.05) is 66.4 Å². The third-order valence-electron chi connectivity index (χ3n) is 5.06. The van der Waals surface area contributed by atoms with Crippen molar-refractivity contribution in [3.63, 3.8) is 0 Å². The van der Waals surface area contributed by atoms with E-state index in [1.165, 1.54) is 12.1 Å². The minimum Gasteiger partial charge on any atom is -0.449 e. The number of alkyl carbamates (subject to hydrolysis) is 1. The zero-order valence-corrected chi connectivity index (χ0v) is 16.3. The molecule has 0 atom stereocenters. The fourth-order valence-electron chi connectivity index (χ4n) is 3.66. The summed E-state index contributed by atoms with van der Waals surface area (Å²) in [6, 6.07) is 19.8. The van der Waals surface area contributed by atoms with Crippen LogP contribution in [0.5, 0.6) is 0 Å². The number of hydrogen-bond acceptors (Lipinski definition) is 4. The van der Waals surface area contributed by atoms with Crippen LogP contribution in [0.25, 0.3) is 11.1 Å². The molecular formula is C24H17FN2O4. The molecule has 1 N–H and O–H groups in total. The van der Waals surface area contributed by atoms with Crippen LogP contribution in [0.2, 0.25) is 0 Å². The summed E-state index contributed by atoms with van der Waals surface area (Å²) in [5, 5.41) is 13.3. The molecule has 0 spiro atoms. The Kier molecular flexibility index (Phi) is 5.63. The maximum atomic E-state index is 14.0. The standard InChI is InChI=1S/C24H17FN2O4/c25-23-16(7-5-13-22(23)27(29)30)8-6-14-26-24(28)31-15-21-19-11-3-1-9-17(19)18-10-2-4-12-20(18)21/h1-5,7,9-13,21H,14-15H2,(H,26,28). The first-order chi connectivity index (χ1) is 15.1. The number of ether oxygens (including phenoxy) is 1. The highest BCUT2D eigenvalue weighted by molar-refractivity contribution is 5.79. The average Bonchev–Trinajstić information content (AvgIpc) is 3.10. The summed E-state index contributed by atoms with van der Waals surface area (Å²) in [6.45, 7) is 0.0889. The third kappa shape index (κ3) is 4.09. The lowest BCUT2D eigenvalue weighted by molar-refractivity contribution is -0.387. The number of nitrogens with one attached hydrogen (secondary N) is 1. The van der Waals surface area contributed by atoms with Gasteiger partial charge in [-0.25, -0.2) is 4.79 Å². The number of carbonyl (C=O) groups excluding carboxylic acids is 1. The number of benzene rings is 3. The first kappa shape index (κ1) is 20.1. The predicted molar refractivity (Wildman–Crippen MR) is 113 cm³/mol. The molecule has 0 saturated carbocycles. The normalized spacial score (nSPS) is 11.6. The fraction of sp³-hybridized carbons (Fsp3) is 0.125. The number of nitrogens with zero attached hydrogens (tertiary/aromatic N) is 1. The molecule has 0 aliphatic heterocycles. The van der Waals surface area contributed by atoms with Crippen molar-refractivity contribution in [2.24, 2.45) is 0 Å². The molecule has 0 heterocycles. The molecule has 0 saturated heterocycles. The lowest BCUT2D eigenvalue weighted by Crippen LogP contribution is -2.26. The summed E-state index contributed by atoms with van der Waals surface area (Å²) in [7, 11) is 0. The smallest absolute Gasteiger partial charge is 0.407 e. The van der Waals surface area contributed by atoms with Crippen LogP contribution in [0.4, 0.5) is 14.9 Å². The Morgan fingerprint density at radius 2 is 1.68 bits per heavy atom. The predicted octanol–water partition coefficient (Wildman–Crippen LogP) is 4.62. The van der Waals surface area contributed by atoms with Crippen molar-refractivity contribution in [1.29, 1.82) is 0 Å². The first-order valence-corrected chi connectivity index (χ1v) is 9.57. The van der Waals surface area contributed by atoms with Crippen molar-refractivity contribution in [3.8, 4) is 23.0 Å². The van der Waals surface area contributed by atoms with Gasteiger partial charge < -0.3 is 10.1 Å². The number of hydrogen-bond donors (Lipinski definition) is 1. The molecule has 7 heteroatoms. The van der Waals surface area contributed by atoms with E-state index >= 15 is 0 Å². The lowest BCUT2D eigenvalue weighted by atomic mass is 9.98. The van der Waals surface area contributed by atoms with Gasteiger partial charge in [-0.2, -0.15) is 4.39 Å². The van der Waals surface area contributed by atoms with Crippen LogP contribution in [0.3, 0.4) is 0 Å². The van der Waals surface area contributed by atoms with Crippen molar-refractivity contribution in [1.82, 2.24) is 5.32 Å². The minimum atomic E-state index is -0.999. The van der Waals surface area contributed by atoms with E-state index in [0.29, 0.717) is 0 Å². The molecule has 4 rings (SSSR count). The van der Waals surface area contributed by atoms with Gasteiger partial charge in [0.15, 0.2) is 0 Å². The zero-order chi connectivity index (χ0) is 21.8. The molecule has 3 aromatic carbocycles. The maximum absolute atomic E-state index is 14.0. The number of carbonyl (C=O) groups is 1. The van der Waals surface area contributed by atoms with Crippen LogP contribution >= 0.6 is 0 Å². The van der Waals surface area contributed by atoms with Crippen LogP contribution in [0.15, 0.2) is 66.7 Å². The third-order valence-corrected chi connectivity index (χ3v) is 5.06. The summed E-state index contributed by atoms with van der Waals surface area (Å²) < 4.78 is 19.4.